The zero-order valence-electron chi connectivity index (χ0n) is 10.7. The van der Waals surface area contributed by atoms with Gasteiger partial charge in [-0.2, -0.15) is 5.10 Å². The minimum Gasteiger partial charge on any atom is -0.493 e. The number of aromatic amines is 1. The van der Waals surface area contributed by atoms with E-state index in [1.807, 2.05) is 18.2 Å². The lowest BCUT2D eigenvalue weighted by Gasteiger charge is -2.11. The molecule has 0 bridgehead atoms. The Morgan fingerprint density at radius 3 is 3.00 bits per heavy atom. The number of hydrogen-bond donors (Lipinski definition) is 2. The van der Waals surface area contributed by atoms with E-state index in [0.29, 0.717) is 30.6 Å². The third kappa shape index (κ3) is 3.48. The lowest BCUT2D eigenvalue weighted by Crippen LogP contribution is -2.02. The molecule has 0 aliphatic carbocycles. The summed E-state index contributed by atoms with van der Waals surface area (Å²) in [6.07, 6.45) is 3.15. The number of nitrogens with one attached hydrogen (secondary N) is 2. The Labute approximate surface area is 111 Å². The molecule has 0 amide bonds. The number of anilines is 1. The van der Waals surface area contributed by atoms with E-state index in [2.05, 4.69) is 27.1 Å². The molecule has 0 aliphatic heterocycles. The number of hydrogen-bond acceptors (Lipinski definition) is 5. The Kier molecular flexibility index (Phi) is 4.39. The molecule has 0 saturated carbocycles. The largest absolute Gasteiger partial charge is 0.493 e. The average molecular weight is 260 g/mol. The van der Waals surface area contributed by atoms with Gasteiger partial charge in [0.05, 0.1) is 7.11 Å². The molecule has 2 rings (SSSR count). The summed E-state index contributed by atoms with van der Waals surface area (Å²) in [4.78, 5) is 3.99. The zero-order valence-corrected chi connectivity index (χ0v) is 10.7. The number of aromatic nitrogens is 3. The molecule has 0 saturated heterocycles. The summed E-state index contributed by atoms with van der Waals surface area (Å²) in [5.41, 5.74) is 1.05. The number of rotatable bonds is 7. The van der Waals surface area contributed by atoms with Gasteiger partial charge in [0, 0.05) is 6.54 Å². The minimum atomic E-state index is 0.450. The molecule has 1 heterocycles. The summed E-state index contributed by atoms with van der Waals surface area (Å²) >= 11 is 0. The van der Waals surface area contributed by atoms with Crippen LogP contribution in [0.25, 0.3) is 0 Å². The van der Waals surface area contributed by atoms with Crippen LogP contribution in [0.2, 0.25) is 0 Å². The van der Waals surface area contributed by atoms with Crippen molar-refractivity contribution < 1.29 is 9.47 Å². The molecule has 2 N–H and O–H groups in total. The fourth-order valence-electron chi connectivity index (χ4n) is 1.57. The number of H-pyrrole nitrogens is 1. The third-order valence-corrected chi connectivity index (χ3v) is 2.46. The molecule has 0 atom stereocenters. The first-order chi connectivity index (χ1) is 9.33. The molecule has 19 heavy (non-hydrogen) atoms. The predicted molar refractivity (Wildman–Crippen MR) is 72.4 cm³/mol. The van der Waals surface area contributed by atoms with Crippen LogP contribution < -0.4 is 14.8 Å². The molecule has 6 nitrogen and oxygen atoms in total. The van der Waals surface area contributed by atoms with Gasteiger partial charge in [0.25, 0.3) is 0 Å². The Bertz CT molecular complexity index is 525. The van der Waals surface area contributed by atoms with Crippen LogP contribution in [0.3, 0.4) is 0 Å². The topological polar surface area (TPSA) is 72.1 Å². The van der Waals surface area contributed by atoms with Crippen molar-refractivity contribution in [2.24, 2.45) is 0 Å². The van der Waals surface area contributed by atoms with E-state index in [0.717, 1.165) is 5.56 Å². The normalized spacial score (nSPS) is 9.95. The quantitative estimate of drug-likeness (QED) is 0.745. The Balaban J connectivity index is 2.03. The standard InChI is InChI=1S/C13H16N4O2/c1-3-6-19-11-5-4-10(7-12(11)18-2)8-14-13-15-9-16-17-13/h3-5,7,9H,1,6,8H2,2H3,(H2,14,15,16,17). The van der Waals surface area contributed by atoms with E-state index >= 15 is 0 Å². The van der Waals surface area contributed by atoms with Gasteiger partial charge in [0.1, 0.15) is 12.9 Å². The second-order valence-electron chi connectivity index (χ2n) is 3.77. The Morgan fingerprint density at radius 2 is 2.32 bits per heavy atom. The molecule has 100 valence electrons. The van der Waals surface area contributed by atoms with Crippen LogP contribution in [0.1, 0.15) is 5.56 Å². The van der Waals surface area contributed by atoms with Gasteiger partial charge in [0.2, 0.25) is 5.95 Å². The van der Waals surface area contributed by atoms with Gasteiger partial charge in [-0.25, -0.2) is 10.1 Å². The van der Waals surface area contributed by atoms with E-state index in [4.69, 9.17) is 9.47 Å². The third-order valence-electron chi connectivity index (χ3n) is 2.46. The smallest absolute Gasteiger partial charge is 0.218 e. The van der Waals surface area contributed by atoms with Gasteiger partial charge in [0.15, 0.2) is 11.5 Å². The van der Waals surface area contributed by atoms with Crippen LogP contribution in [0.15, 0.2) is 37.2 Å². The fourth-order valence-corrected chi connectivity index (χ4v) is 1.57. The number of methoxy groups -OCH3 is 1. The predicted octanol–water partition coefficient (Wildman–Crippen LogP) is 1.99. The van der Waals surface area contributed by atoms with Crippen molar-refractivity contribution in [2.45, 2.75) is 6.54 Å². The van der Waals surface area contributed by atoms with Gasteiger partial charge in [-0.05, 0) is 17.7 Å². The molecule has 2 aromatic rings. The summed E-state index contributed by atoms with van der Waals surface area (Å²) in [6, 6.07) is 5.76. The van der Waals surface area contributed by atoms with Crippen LogP contribution in [-0.2, 0) is 6.54 Å². The van der Waals surface area contributed by atoms with Gasteiger partial charge >= 0.3 is 0 Å². The highest BCUT2D eigenvalue weighted by Crippen LogP contribution is 2.28. The molecular weight excluding hydrogens is 244 g/mol. The highest BCUT2D eigenvalue weighted by molar-refractivity contribution is 5.43. The maximum atomic E-state index is 5.49. The fraction of sp³-hybridized carbons (Fsp3) is 0.231. The first-order valence-electron chi connectivity index (χ1n) is 5.83. The van der Waals surface area contributed by atoms with Crippen molar-refractivity contribution in [3.8, 4) is 11.5 Å². The molecule has 1 aromatic carbocycles. The SMILES string of the molecule is C=CCOc1ccc(CNc2ncn[nH]2)cc1OC. The molecule has 0 radical (unpaired) electrons. The van der Waals surface area contributed by atoms with Crippen molar-refractivity contribution in [1.29, 1.82) is 0 Å². The monoisotopic (exact) mass is 260 g/mol. The molecular formula is C13H16N4O2. The first-order valence-corrected chi connectivity index (χ1v) is 5.83. The van der Waals surface area contributed by atoms with E-state index in [1.54, 1.807) is 13.2 Å². The van der Waals surface area contributed by atoms with Crippen molar-refractivity contribution in [2.75, 3.05) is 19.0 Å². The summed E-state index contributed by atoms with van der Waals surface area (Å²) < 4.78 is 10.8. The van der Waals surface area contributed by atoms with E-state index in [9.17, 15) is 0 Å². The average Bonchev–Trinajstić information content (AvgIpc) is 2.96. The zero-order chi connectivity index (χ0) is 13.5. The lowest BCUT2D eigenvalue weighted by molar-refractivity contribution is 0.326. The molecule has 1 aromatic heterocycles. The van der Waals surface area contributed by atoms with E-state index in [-0.39, 0.29) is 0 Å². The van der Waals surface area contributed by atoms with Gasteiger partial charge in [-0.3, -0.25) is 0 Å². The van der Waals surface area contributed by atoms with E-state index < -0.39 is 0 Å². The van der Waals surface area contributed by atoms with Gasteiger partial charge < -0.3 is 14.8 Å². The van der Waals surface area contributed by atoms with Crippen molar-refractivity contribution in [1.82, 2.24) is 15.2 Å². The Hall–Kier alpha value is -2.50. The minimum absolute atomic E-state index is 0.450. The Morgan fingerprint density at radius 1 is 1.42 bits per heavy atom. The molecule has 0 unspecified atom stereocenters. The van der Waals surface area contributed by atoms with Crippen LogP contribution in [0.4, 0.5) is 5.95 Å². The number of ether oxygens (including phenoxy) is 2. The molecule has 0 aliphatic rings. The first kappa shape index (κ1) is 12.9. The highest BCUT2D eigenvalue weighted by atomic mass is 16.5. The van der Waals surface area contributed by atoms with Gasteiger partial charge in [-0.1, -0.05) is 18.7 Å². The second kappa shape index (κ2) is 6.44. The molecule has 6 heteroatoms. The van der Waals surface area contributed by atoms with Gasteiger partial charge in [-0.15, -0.1) is 0 Å². The van der Waals surface area contributed by atoms with Crippen LogP contribution in [0, 0.1) is 0 Å². The van der Waals surface area contributed by atoms with E-state index in [1.165, 1.54) is 6.33 Å². The number of nitrogens with zero attached hydrogens (tertiary/aromatic N) is 2. The van der Waals surface area contributed by atoms with Crippen LogP contribution in [-0.4, -0.2) is 28.9 Å². The lowest BCUT2D eigenvalue weighted by atomic mass is 10.2. The highest BCUT2D eigenvalue weighted by Gasteiger charge is 2.05. The molecule has 0 spiro atoms. The summed E-state index contributed by atoms with van der Waals surface area (Å²) in [5.74, 6) is 2.02. The van der Waals surface area contributed by atoms with Crippen LogP contribution in [0.5, 0.6) is 11.5 Å². The summed E-state index contributed by atoms with van der Waals surface area (Å²) in [7, 11) is 1.61. The summed E-state index contributed by atoms with van der Waals surface area (Å²) in [5, 5.41) is 9.61. The van der Waals surface area contributed by atoms with Crippen LogP contribution >= 0.6 is 0 Å². The maximum absolute atomic E-state index is 5.49. The van der Waals surface area contributed by atoms with Crippen molar-refractivity contribution in [3.05, 3.63) is 42.7 Å². The second-order valence-corrected chi connectivity index (χ2v) is 3.77. The van der Waals surface area contributed by atoms with Crippen molar-refractivity contribution in [3.63, 3.8) is 0 Å². The summed E-state index contributed by atoms with van der Waals surface area (Å²) in [6.45, 7) is 4.68. The number of benzene rings is 1. The maximum Gasteiger partial charge on any atom is 0.218 e. The van der Waals surface area contributed by atoms with Crippen molar-refractivity contribution >= 4 is 5.95 Å². The molecule has 0 fully saturated rings.